The Morgan fingerprint density at radius 3 is 0.925 bits per heavy atom. The van der Waals surface area contributed by atoms with Crippen LogP contribution in [-0.2, 0) is 37.0 Å². The van der Waals surface area contributed by atoms with Gasteiger partial charge in [-0.25, -0.2) is 0 Å². The monoisotopic (exact) mass is 550 g/mol. The van der Waals surface area contributed by atoms with Gasteiger partial charge in [0.2, 0.25) is 0 Å². The fraction of sp³-hybridized carbons (Fsp3) is 0.647. The second-order valence-electron chi connectivity index (χ2n) is 15.5. The molecule has 0 atom stereocenters. The maximum atomic E-state index is 13.4. The lowest BCUT2D eigenvalue weighted by Crippen LogP contribution is -2.38. The first-order valence-electron chi connectivity index (χ1n) is 14.9. The zero-order chi connectivity index (χ0) is 29.9. The van der Waals surface area contributed by atoms with Gasteiger partial charge in [0.15, 0.2) is 0 Å². The molecule has 0 fully saturated rings. The van der Waals surface area contributed by atoms with E-state index in [9.17, 15) is 10.2 Å². The summed E-state index contributed by atoms with van der Waals surface area (Å²) < 4.78 is 0. The quantitative estimate of drug-likeness (QED) is 0.385. The predicted molar refractivity (Wildman–Crippen MR) is 164 cm³/mol. The van der Waals surface area contributed by atoms with Crippen molar-refractivity contribution >= 4 is 0 Å². The standard InChI is InChI=1S/C34H56N4O2/c1-31(2,3)27-11-23-15-35-19-33(7,8)21-37-17-25-13-28(32(4,5)6)14-26(30(25)40)18-38-22-34(9,10)20-36-16-24(12-27)29(23)39/h11-14,35-40H,15-22H2,1-10H3/p-2. The number of fused-ring (bicyclic) bond motifs is 4. The minimum atomic E-state index is -0.0590. The van der Waals surface area contributed by atoms with Crippen molar-refractivity contribution in [2.45, 2.75) is 106 Å². The smallest absolute Gasteiger partial charge is 0.0199 e. The van der Waals surface area contributed by atoms with E-state index in [0.29, 0.717) is 26.2 Å². The second-order valence-corrected chi connectivity index (χ2v) is 15.5. The molecule has 40 heavy (non-hydrogen) atoms. The van der Waals surface area contributed by atoms with Gasteiger partial charge in [-0.1, -0.05) is 105 Å². The van der Waals surface area contributed by atoms with Crippen LogP contribution >= 0.6 is 0 Å². The van der Waals surface area contributed by atoms with Gasteiger partial charge in [0, 0.05) is 52.4 Å². The van der Waals surface area contributed by atoms with Crippen LogP contribution in [0.4, 0.5) is 0 Å². The van der Waals surface area contributed by atoms with Gasteiger partial charge in [-0.15, -0.1) is 0 Å². The molecule has 2 aromatic rings. The van der Waals surface area contributed by atoms with Crippen LogP contribution in [0.3, 0.4) is 0 Å². The van der Waals surface area contributed by atoms with Crippen LogP contribution in [0.2, 0.25) is 0 Å². The molecule has 1 aliphatic rings. The van der Waals surface area contributed by atoms with E-state index < -0.39 is 0 Å². The molecule has 3 rings (SSSR count). The maximum absolute atomic E-state index is 13.4. The normalized spacial score (nSPS) is 19.6. The molecule has 1 aliphatic heterocycles. The van der Waals surface area contributed by atoms with Crippen LogP contribution in [-0.4, -0.2) is 26.2 Å². The van der Waals surface area contributed by atoms with Crippen molar-refractivity contribution in [3.8, 4) is 11.5 Å². The van der Waals surface area contributed by atoms with Crippen molar-refractivity contribution in [2.75, 3.05) is 26.2 Å². The molecule has 224 valence electrons. The molecule has 6 heteroatoms. The first-order valence-corrected chi connectivity index (χ1v) is 14.9. The molecule has 4 bridgehead atoms. The summed E-state index contributed by atoms with van der Waals surface area (Å²) in [4.78, 5) is 0. The SMILES string of the molecule is CC1(C)CNCc2cc(C(C)(C)C)cc(c2[O-])CNCC(C)(C)CNCc2cc(C(C)(C)C)cc(c2[O-])CNC1. The Labute approximate surface area is 243 Å². The molecular formula is C34H54N4O2-2. The van der Waals surface area contributed by atoms with Crippen molar-refractivity contribution in [3.05, 3.63) is 57.6 Å². The van der Waals surface area contributed by atoms with Crippen LogP contribution in [0.25, 0.3) is 0 Å². The summed E-state index contributed by atoms with van der Waals surface area (Å²) >= 11 is 0. The van der Waals surface area contributed by atoms with Gasteiger partial charge in [-0.2, -0.15) is 0 Å². The minimum Gasteiger partial charge on any atom is -0.872 e. The van der Waals surface area contributed by atoms with Crippen molar-refractivity contribution in [1.29, 1.82) is 0 Å². The summed E-state index contributed by atoms with van der Waals surface area (Å²) in [5, 5.41) is 41.1. The van der Waals surface area contributed by atoms with E-state index in [0.717, 1.165) is 48.4 Å². The number of nitrogens with one attached hydrogen (secondary N) is 4. The number of hydrogen-bond acceptors (Lipinski definition) is 6. The van der Waals surface area contributed by atoms with E-state index in [4.69, 9.17) is 0 Å². The van der Waals surface area contributed by atoms with E-state index in [1.807, 2.05) is 0 Å². The molecule has 0 spiro atoms. The Balaban J connectivity index is 1.91. The first kappa shape index (κ1) is 32.4. The van der Waals surface area contributed by atoms with E-state index in [1.54, 1.807) is 0 Å². The highest BCUT2D eigenvalue weighted by Crippen LogP contribution is 2.32. The van der Waals surface area contributed by atoms with Crippen LogP contribution in [0, 0.1) is 10.8 Å². The van der Waals surface area contributed by atoms with Crippen molar-refractivity contribution < 1.29 is 10.2 Å². The van der Waals surface area contributed by atoms with Gasteiger partial charge in [0.1, 0.15) is 0 Å². The average Bonchev–Trinajstić information content (AvgIpc) is 2.80. The topological polar surface area (TPSA) is 94.2 Å². The molecule has 6 nitrogen and oxygen atoms in total. The lowest BCUT2D eigenvalue weighted by atomic mass is 9.84. The van der Waals surface area contributed by atoms with Gasteiger partial charge in [0.25, 0.3) is 0 Å². The molecule has 0 unspecified atom stereocenters. The molecule has 2 aromatic carbocycles. The molecule has 0 amide bonds. The third kappa shape index (κ3) is 8.94. The van der Waals surface area contributed by atoms with Crippen molar-refractivity contribution in [1.82, 2.24) is 21.3 Å². The van der Waals surface area contributed by atoms with Crippen LogP contribution in [0.15, 0.2) is 24.3 Å². The molecule has 0 aromatic heterocycles. The molecular weight excluding hydrogens is 496 g/mol. The first-order chi connectivity index (χ1) is 18.4. The average molecular weight is 551 g/mol. The fourth-order valence-corrected chi connectivity index (χ4v) is 5.17. The van der Waals surface area contributed by atoms with Crippen LogP contribution in [0.1, 0.15) is 103 Å². The summed E-state index contributed by atoms with van der Waals surface area (Å²) in [6, 6.07) is 8.33. The highest BCUT2D eigenvalue weighted by Gasteiger charge is 2.22. The minimum absolute atomic E-state index is 0.0412. The van der Waals surface area contributed by atoms with Crippen LogP contribution in [0.5, 0.6) is 11.5 Å². The highest BCUT2D eigenvalue weighted by molar-refractivity contribution is 5.46. The Hall–Kier alpha value is -2.12. The molecule has 0 saturated heterocycles. The van der Waals surface area contributed by atoms with Crippen molar-refractivity contribution in [2.24, 2.45) is 10.8 Å². The van der Waals surface area contributed by atoms with Gasteiger partial charge in [-0.05, 0) is 55.0 Å². The summed E-state index contributed by atoms with van der Waals surface area (Å²) in [5.74, 6) is 0.260. The third-order valence-corrected chi connectivity index (χ3v) is 7.89. The largest absolute Gasteiger partial charge is 0.872 e. The Morgan fingerprint density at radius 1 is 0.500 bits per heavy atom. The molecule has 0 radical (unpaired) electrons. The Kier molecular flexibility index (Phi) is 10.0. The number of benzene rings is 2. The third-order valence-electron chi connectivity index (χ3n) is 7.89. The van der Waals surface area contributed by atoms with Gasteiger partial charge in [0.05, 0.1) is 0 Å². The van der Waals surface area contributed by atoms with E-state index >= 15 is 0 Å². The molecule has 0 saturated carbocycles. The number of hydrogen-bond donors (Lipinski definition) is 4. The van der Waals surface area contributed by atoms with Gasteiger partial charge in [-0.3, -0.25) is 0 Å². The maximum Gasteiger partial charge on any atom is 0.0199 e. The second kappa shape index (κ2) is 12.4. The zero-order valence-electron chi connectivity index (χ0n) is 26.8. The van der Waals surface area contributed by atoms with E-state index in [2.05, 4.69) is 115 Å². The van der Waals surface area contributed by atoms with E-state index in [-0.39, 0.29) is 33.2 Å². The lowest BCUT2D eigenvalue weighted by Gasteiger charge is -2.31. The zero-order valence-corrected chi connectivity index (χ0v) is 26.8. The summed E-state index contributed by atoms with van der Waals surface area (Å²) in [6.45, 7) is 27.2. The van der Waals surface area contributed by atoms with Gasteiger partial charge < -0.3 is 31.5 Å². The predicted octanol–water partition coefficient (Wildman–Crippen LogP) is 4.55. The van der Waals surface area contributed by atoms with Crippen LogP contribution < -0.4 is 31.5 Å². The summed E-state index contributed by atoms with van der Waals surface area (Å²) in [7, 11) is 0. The Morgan fingerprint density at radius 2 is 0.725 bits per heavy atom. The molecule has 4 N–H and O–H groups in total. The number of rotatable bonds is 0. The van der Waals surface area contributed by atoms with Crippen molar-refractivity contribution in [3.63, 3.8) is 0 Å². The van der Waals surface area contributed by atoms with E-state index in [1.165, 1.54) is 11.1 Å². The summed E-state index contributed by atoms with van der Waals surface area (Å²) in [5.41, 5.74) is 5.48. The molecule has 1 heterocycles. The summed E-state index contributed by atoms with van der Waals surface area (Å²) in [6.07, 6.45) is 0. The van der Waals surface area contributed by atoms with Gasteiger partial charge >= 0.3 is 0 Å². The fourth-order valence-electron chi connectivity index (χ4n) is 5.17. The molecule has 0 aliphatic carbocycles. The lowest BCUT2D eigenvalue weighted by molar-refractivity contribution is -0.271. The Bertz CT molecular complexity index is 998. The highest BCUT2D eigenvalue weighted by atomic mass is 16.3.